The molecule has 0 aromatic heterocycles. The Bertz CT molecular complexity index is 908. The molecule has 0 aliphatic heterocycles. The summed E-state index contributed by atoms with van der Waals surface area (Å²) in [5.41, 5.74) is 0. The Labute approximate surface area is 140 Å². The molecule has 4 aromatic rings. The second kappa shape index (κ2) is 6.26. The maximum absolute atomic E-state index is 12.3. The monoisotopic (exact) mass is 313 g/mol. The average Bonchev–Trinajstić information content (AvgIpc) is 2.62. The molecule has 4 rings (SSSR count). The van der Waals surface area contributed by atoms with Gasteiger partial charge in [-0.25, -0.2) is 5.02 Å². The first-order chi connectivity index (χ1) is 11.8. The van der Waals surface area contributed by atoms with E-state index in [0.29, 0.717) is 11.5 Å². The summed E-state index contributed by atoms with van der Waals surface area (Å²) in [5.74, 6) is 1.04. The molecule has 0 saturated carbocycles. The molecule has 0 aliphatic rings. The fourth-order valence-corrected chi connectivity index (χ4v) is 2.83. The van der Waals surface area contributed by atoms with Crippen molar-refractivity contribution >= 4 is 28.9 Å². The van der Waals surface area contributed by atoms with Gasteiger partial charge in [-0.2, -0.15) is 0 Å². The molecule has 0 spiro atoms. The fourth-order valence-electron chi connectivity index (χ4n) is 2.83. The minimum atomic E-state index is -1.64. The molecule has 4 heteroatoms. The largest absolute Gasteiger partial charge is 0.815 e. The molecule has 0 bridgehead atoms. The Kier molecular flexibility index (Phi) is 3.81. The van der Waals surface area contributed by atoms with Gasteiger partial charge in [-0.05, 0) is 22.9 Å². The third-order valence-corrected chi connectivity index (χ3v) is 3.95. The molecule has 3 nitrogen and oxygen atoms in total. The molecular weight excluding hydrogens is 299 g/mol. The maximum Gasteiger partial charge on any atom is 0.815 e. The summed E-state index contributed by atoms with van der Waals surface area (Å²) in [6.07, 6.45) is 0. The van der Waals surface area contributed by atoms with Crippen molar-refractivity contribution in [2.75, 3.05) is 0 Å². The lowest BCUT2D eigenvalue weighted by Crippen LogP contribution is -2.28. The smallest absolute Gasteiger partial charge is 0.499 e. The van der Waals surface area contributed by atoms with Gasteiger partial charge >= 0.3 is 7.32 Å². The van der Waals surface area contributed by atoms with Crippen molar-refractivity contribution in [3.8, 4) is 11.5 Å². The molecule has 0 aliphatic carbocycles. The van der Waals surface area contributed by atoms with Crippen LogP contribution in [0.2, 0.25) is 0 Å². The molecule has 0 fully saturated rings. The van der Waals surface area contributed by atoms with Gasteiger partial charge in [0.05, 0.1) is 0 Å². The van der Waals surface area contributed by atoms with E-state index in [9.17, 15) is 5.02 Å². The SMILES string of the molecule is [O]B(Oc1cccc2ccccc12)Oc1cccc2ccccc12. The topological polar surface area (TPSA) is 38.4 Å². The van der Waals surface area contributed by atoms with Gasteiger partial charge in [0.2, 0.25) is 0 Å². The lowest BCUT2D eigenvalue weighted by atomic mass is 10.1. The van der Waals surface area contributed by atoms with Crippen molar-refractivity contribution < 1.29 is 14.3 Å². The van der Waals surface area contributed by atoms with Crippen LogP contribution in [0.3, 0.4) is 0 Å². The van der Waals surface area contributed by atoms with Gasteiger partial charge in [-0.15, -0.1) is 0 Å². The zero-order valence-electron chi connectivity index (χ0n) is 12.9. The van der Waals surface area contributed by atoms with Crippen molar-refractivity contribution in [3.63, 3.8) is 0 Å². The van der Waals surface area contributed by atoms with Crippen LogP contribution in [0.4, 0.5) is 0 Å². The first-order valence-corrected chi connectivity index (χ1v) is 7.76. The van der Waals surface area contributed by atoms with Gasteiger partial charge in [0, 0.05) is 10.8 Å². The summed E-state index contributed by atoms with van der Waals surface area (Å²) in [7, 11) is -1.64. The zero-order valence-corrected chi connectivity index (χ0v) is 12.9. The fraction of sp³-hybridized carbons (Fsp3) is 0. The van der Waals surface area contributed by atoms with E-state index < -0.39 is 7.32 Å². The van der Waals surface area contributed by atoms with E-state index in [-0.39, 0.29) is 0 Å². The second-order valence-electron chi connectivity index (χ2n) is 5.48. The van der Waals surface area contributed by atoms with Crippen LogP contribution in [0.25, 0.3) is 21.5 Å². The maximum atomic E-state index is 12.3. The highest BCUT2D eigenvalue weighted by Gasteiger charge is 2.25. The number of hydrogen-bond donors (Lipinski definition) is 0. The Morgan fingerprint density at radius 1 is 0.542 bits per heavy atom. The lowest BCUT2D eigenvalue weighted by molar-refractivity contribution is 0.250. The van der Waals surface area contributed by atoms with Gasteiger partial charge in [-0.1, -0.05) is 72.8 Å². The van der Waals surface area contributed by atoms with Crippen LogP contribution in [-0.2, 0) is 5.02 Å². The quantitative estimate of drug-likeness (QED) is 0.504. The Morgan fingerprint density at radius 2 is 0.958 bits per heavy atom. The molecule has 0 amide bonds. The van der Waals surface area contributed by atoms with E-state index in [1.54, 1.807) is 12.1 Å². The van der Waals surface area contributed by atoms with E-state index in [0.717, 1.165) is 21.5 Å². The molecule has 24 heavy (non-hydrogen) atoms. The molecule has 0 heterocycles. The van der Waals surface area contributed by atoms with Crippen molar-refractivity contribution in [1.82, 2.24) is 0 Å². The molecule has 1 radical (unpaired) electrons. The summed E-state index contributed by atoms with van der Waals surface area (Å²) in [4.78, 5) is 0. The zero-order chi connectivity index (χ0) is 16.4. The predicted octanol–water partition coefficient (Wildman–Crippen LogP) is 4.87. The summed E-state index contributed by atoms with van der Waals surface area (Å²) >= 11 is 0. The highest BCUT2D eigenvalue weighted by atomic mass is 16.7. The van der Waals surface area contributed by atoms with Crippen LogP contribution in [0.15, 0.2) is 84.9 Å². The summed E-state index contributed by atoms with van der Waals surface area (Å²) < 4.78 is 11.0. The van der Waals surface area contributed by atoms with Crippen molar-refractivity contribution in [2.45, 2.75) is 0 Å². The number of hydrogen-bond acceptors (Lipinski definition) is 2. The van der Waals surface area contributed by atoms with E-state index in [4.69, 9.17) is 9.31 Å². The van der Waals surface area contributed by atoms with Gasteiger partial charge in [0.15, 0.2) is 0 Å². The molecule has 115 valence electrons. The Balaban J connectivity index is 1.61. The number of rotatable bonds is 4. The number of benzene rings is 4. The molecule has 0 N–H and O–H groups in total. The van der Waals surface area contributed by atoms with Crippen LogP contribution in [0.1, 0.15) is 0 Å². The molecule has 4 aromatic carbocycles. The van der Waals surface area contributed by atoms with Crippen LogP contribution < -0.4 is 9.31 Å². The van der Waals surface area contributed by atoms with Crippen LogP contribution in [0, 0.1) is 0 Å². The normalized spacial score (nSPS) is 10.7. The molecular formula is C20H14BO3. The minimum Gasteiger partial charge on any atom is -0.499 e. The standard InChI is InChI=1S/C20H14BO3/c22-21(23-19-13-5-9-15-7-1-3-11-17(15)19)24-20-14-6-10-16-8-2-4-12-18(16)20/h1-14H. The second-order valence-corrected chi connectivity index (χ2v) is 5.48. The molecule has 0 atom stereocenters. The highest BCUT2D eigenvalue weighted by molar-refractivity contribution is 6.37. The summed E-state index contributed by atoms with van der Waals surface area (Å²) in [6.45, 7) is 0. The molecule has 0 unspecified atom stereocenters. The van der Waals surface area contributed by atoms with Gasteiger partial charge in [0.25, 0.3) is 0 Å². The van der Waals surface area contributed by atoms with E-state index >= 15 is 0 Å². The Hall–Kier alpha value is -2.98. The van der Waals surface area contributed by atoms with Crippen LogP contribution >= 0.6 is 0 Å². The third-order valence-electron chi connectivity index (χ3n) is 3.95. The van der Waals surface area contributed by atoms with Crippen molar-refractivity contribution in [2.24, 2.45) is 0 Å². The van der Waals surface area contributed by atoms with Gasteiger partial charge in [0.1, 0.15) is 11.5 Å². The first kappa shape index (κ1) is 14.6. The van der Waals surface area contributed by atoms with Gasteiger partial charge < -0.3 is 9.31 Å². The number of fused-ring (bicyclic) bond motifs is 2. The minimum absolute atomic E-state index is 0.522. The van der Waals surface area contributed by atoms with Crippen molar-refractivity contribution in [3.05, 3.63) is 84.9 Å². The van der Waals surface area contributed by atoms with E-state index in [1.807, 2.05) is 72.8 Å². The lowest BCUT2D eigenvalue weighted by Gasteiger charge is -2.13. The van der Waals surface area contributed by atoms with Crippen molar-refractivity contribution in [1.29, 1.82) is 0 Å². The average molecular weight is 313 g/mol. The third kappa shape index (κ3) is 2.80. The van der Waals surface area contributed by atoms with Crippen LogP contribution in [0.5, 0.6) is 11.5 Å². The van der Waals surface area contributed by atoms with E-state index in [2.05, 4.69) is 0 Å². The van der Waals surface area contributed by atoms with Gasteiger partial charge in [-0.3, -0.25) is 0 Å². The highest BCUT2D eigenvalue weighted by Crippen LogP contribution is 2.28. The first-order valence-electron chi connectivity index (χ1n) is 7.76. The predicted molar refractivity (Wildman–Crippen MR) is 95.6 cm³/mol. The molecule has 0 saturated heterocycles. The Morgan fingerprint density at radius 3 is 1.46 bits per heavy atom. The van der Waals surface area contributed by atoms with E-state index in [1.165, 1.54) is 0 Å². The van der Waals surface area contributed by atoms with Crippen LogP contribution in [-0.4, -0.2) is 7.32 Å². The summed E-state index contributed by atoms with van der Waals surface area (Å²) in [6, 6.07) is 26.8. The summed E-state index contributed by atoms with van der Waals surface area (Å²) in [5, 5.41) is 16.1.